The largest absolute Gasteiger partial charge is 0.416 e. The Balaban J connectivity index is 3.16. The third-order valence-corrected chi connectivity index (χ3v) is 2.77. The number of nitrogens with two attached hydrogens (primary N) is 1. The molecular formula is C13H19F3N4O. The van der Waals surface area contributed by atoms with Crippen LogP contribution in [-0.2, 0) is 11.0 Å². The second-order valence-corrected chi connectivity index (χ2v) is 5.17. The minimum atomic E-state index is -4.50. The molecule has 4 N–H and O–H groups in total. The van der Waals surface area contributed by atoms with Gasteiger partial charge in [-0.3, -0.25) is 4.79 Å². The van der Waals surface area contributed by atoms with E-state index in [1.165, 1.54) is 13.8 Å². The third kappa shape index (κ3) is 4.80. The fourth-order valence-corrected chi connectivity index (χ4v) is 1.48. The number of rotatable bonds is 6. The number of alkyl halides is 3. The smallest absolute Gasteiger partial charge is 0.370 e. The Morgan fingerprint density at radius 1 is 1.29 bits per heavy atom. The number of hydrogen-bond acceptors (Lipinski definition) is 4. The molecule has 0 saturated carbocycles. The lowest BCUT2D eigenvalue weighted by atomic mass is 10.1. The number of carbonyl (C=O) groups is 1. The summed E-state index contributed by atoms with van der Waals surface area (Å²) >= 11 is 0. The third-order valence-electron chi connectivity index (χ3n) is 2.77. The van der Waals surface area contributed by atoms with Crippen molar-refractivity contribution in [2.24, 2.45) is 5.73 Å². The van der Waals surface area contributed by atoms with Gasteiger partial charge in [0.25, 0.3) is 0 Å². The zero-order chi connectivity index (χ0) is 16.3. The highest BCUT2D eigenvalue weighted by atomic mass is 19.4. The molecule has 1 amide bonds. The Hall–Kier alpha value is -1.99. The van der Waals surface area contributed by atoms with Gasteiger partial charge in [0, 0.05) is 6.54 Å². The van der Waals surface area contributed by atoms with Gasteiger partial charge in [-0.25, -0.2) is 4.98 Å². The van der Waals surface area contributed by atoms with Gasteiger partial charge in [0.2, 0.25) is 5.91 Å². The first-order valence-corrected chi connectivity index (χ1v) is 6.47. The first kappa shape index (κ1) is 17.1. The van der Waals surface area contributed by atoms with E-state index >= 15 is 0 Å². The number of halogens is 3. The number of nitrogens with one attached hydrogen (secondary N) is 2. The van der Waals surface area contributed by atoms with Crippen molar-refractivity contribution in [3.8, 4) is 0 Å². The zero-order valence-corrected chi connectivity index (χ0v) is 12.1. The number of primary amides is 1. The number of hydrogen-bond donors (Lipinski definition) is 3. The first-order chi connectivity index (χ1) is 9.56. The average Bonchev–Trinajstić information content (AvgIpc) is 2.34. The number of pyridine rings is 1. The van der Waals surface area contributed by atoms with Crippen LogP contribution in [0.1, 0.15) is 32.8 Å². The van der Waals surface area contributed by atoms with E-state index in [9.17, 15) is 18.0 Å². The van der Waals surface area contributed by atoms with Crippen LogP contribution in [0, 0.1) is 0 Å². The maximum Gasteiger partial charge on any atom is 0.416 e. The highest BCUT2D eigenvalue weighted by Gasteiger charge is 2.33. The zero-order valence-electron chi connectivity index (χ0n) is 12.1. The molecule has 8 heteroatoms. The molecule has 1 aromatic rings. The molecule has 0 saturated heterocycles. The lowest BCUT2D eigenvalue weighted by Gasteiger charge is -2.24. The van der Waals surface area contributed by atoms with Crippen LogP contribution < -0.4 is 16.4 Å². The topological polar surface area (TPSA) is 80.0 Å². The van der Waals surface area contributed by atoms with Gasteiger partial charge in [-0.15, -0.1) is 0 Å². The van der Waals surface area contributed by atoms with Gasteiger partial charge >= 0.3 is 6.18 Å². The molecule has 0 atom stereocenters. The molecule has 0 aliphatic heterocycles. The van der Waals surface area contributed by atoms with E-state index in [0.29, 0.717) is 6.54 Å². The summed E-state index contributed by atoms with van der Waals surface area (Å²) < 4.78 is 38.7. The van der Waals surface area contributed by atoms with Crippen molar-refractivity contribution in [3.05, 3.63) is 17.7 Å². The van der Waals surface area contributed by atoms with Crippen molar-refractivity contribution < 1.29 is 18.0 Å². The first-order valence-electron chi connectivity index (χ1n) is 6.47. The predicted octanol–water partition coefficient (Wildman–Crippen LogP) is 2.60. The number of carbonyl (C=O) groups excluding carboxylic acids is 1. The highest BCUT2D eigenvalue weighted by Crippen LogP contribution is 2.32. The monoisotopic (exact) mass is 304 g/mol. The van der Waals surface area contributed by atoms with Crippen molar-refractivity contribution in [2.75, 3.05) is 17.2 Å². The summed E-state index contributed by atoms with van der Waals surface area (Å²) in [4.78, 5) is 15.3. The molecule has 0 aromatic carbocycles. The maximum absolute atomic E-state index is 12.9. The average molecular weight is 304 g/mol. The molecule has 1 aromatic heterocycles. The second-order valence-electron chi connectivity index (χ2n) is 5.17. The number of aromatic nitrogens is 1. The Kier molecular flexibility index (Phi) is 5.03. The van der Waals surface area contributed by atoms with Crippen molar-refractivity contribution in [1.82, 2.24) is 4.98 Å². The number of anilines is 2. The fraction of sp³-hybridized carbons (Fsp3) is 0.538. The highest BCUT2D eigenvalue weighted by molar-refractivity contribution is 5.86. The lowest BCUT2D eigenvalue weighted by molar-refractivity contribution is -0.137. The van der Waals surface area contributed by atoms with Crippen LogP contribution in [-0.4, -0.2) is 23.0 Å². The Labute approximate surface area is 121 Å². The van der Waals surface area contributed by atoms with Crippen LogP contribution in [0.15, 0.2) is 12.1 Å². The van der Waals surface area contributed by atoms with E-state index in [2.05, 4.69) is 15.6 Å². The molecule has 1 rings (SSSR count). The summed E-state index contributed by atoms with van der Waals surface area (Å²) in [5.74, 6) is -0.661. The summed E-state index contributed by atoms with van der Waals surface area (Å²) in [7, 11) is 0. The van der Waals surface area contributed by atoms with Gasteiger partial charge in [0.1, 0.15) is 17.2 Å². The van der Waals surface area contributed by atoms with Gasteiger partial charge in [-0.05, 0) is 32.4 Å². The predicted molar refractivity (Wildman–Crippen MR) is 74.9 cm³/mol. The normalized spacial score (nSPS) is 12.1. The van der Waals surface area contributed by atoms with E-state index in [-0.39, 0.29) is 11.6 Å². The molecule has 1 heterocycles. The van der Waals surface area contributed by atoms with Crippen LogP contribution in [0.5, 0.6) is 0 Å². The molecule has 21 heavy (non-hydrogen) atoms. The standard InChI is InChI=1S/C13H19F3N4O/c1-4-5-18-9-6-8(13(14,15)16)7-10(19-9)20-12(2,3)11(17)21/h6-7H,4-5H2,1-3H3,(H2,17,21)(H2,18,19,20). The molecule has 118 valence electrons. The summed E-state index contributed by atoms with van der Waals surface area (Å²) in [6.07, 6.45) is -3.76. The molecule has 5 nitrogen and oxygen atoms in total. The Bertz CT molecular complexity index is 515. The molecule has 0 fully saturated rings. The minimum Gasteiger partial charge on any atom is -0.370 e. The molecule has 0 aliphatic rings. The van der Waals surface area contributed by atoms with E-state index in [0.717, 1.165) is 18.6 Å². The lowest BCUT2D eigenvalue weighted by Crippen LogP contribution is -2.45. The number of nitrogens with zero attached hydrogens (tertiary/aromatic N) is 1. The van der Waals surface area contributed by atoms with Gasteiger partial charge in [-0.2, -0.15) is 13.2 Å². The van der Waals surface area contributed by atoms with Crippen molar-refractivity contribution in [2.45, 2.75) is 38.9 Å². The minimum absolute atomic E-state index is 0.0628. The van der Waals surface area contributed by atoms with E-state index in [1.54, 1.807) is 0 Å². The summed E-state index contributed by atoms with van der Waals surface area (Å²) in [6.45, 7) is 5.32. The van der Waals surface area contributed by atoms with Crippen LogP contribution in [0.4, 0.5) is 24.8 Å². The molecule has 0 spiro atoms. The quantitative estimate of drug-likeness (QED) is 0.754. The fourth-order valence-electron chi connectivity index (χ4n) is 1.48. The maximum atomic E-state index is 12.9. The summed E-state index contributed by atoms with van der Waals surface area (Å²) in [6, 6.07) is 1.78. The second kappa shape index (κ2) is 6.19. The van der Waals surface area contributed by atoms with Crippen LogP contribution >= 0.6 is 0 Å². The van der Waals surface area contributed by atoms with Crippen molar-refractivity contribution in [1.29, 1.82) is 0 Å². The number of amides is 1. The molecule has 0 bridgehead atoms. The van der Waals surface area contributed by atoms with E-state index in [1.807, 2.05) is 6.92 Å². The van der Waals surface area contributed by atoms with Gasteiger partial charge < -0.3 is 16.4 Å². The summed E-state index contributed by atoms with van der Waals surface area (Å²) in [5, 5.41) is 5.42. The molecule has 0 aliphatic carbocycles. The van der Waals surface area contributed by atoms with Gasteiger partial charge in [-0.1, -0.05) is 6.92 Å². The Morgan fingerprint density at radius 2 is 1.86 bits per heavy atom. The summed E-state index contributed by atoms with van der Waals surface area (Å²) in [5.41, 5.74) is 3.14. The van der Waals surface area contributed by atoms with Crippen molar-refractivity contribution in [3.63, 3.8) is 0 Å². The molecule has 0 unspecified atom stereocenters. The van der Waals surface area contributed by atoms with Gasteiger partial charge in [0.15, 0.2) is 0 Å². The molecule has 0 radical (unpaired) electrons. The van der Waals surface area contributed by atoms with Gasteiger partial charge in [0.05, 0.1) is 5.56 Å². The van der Waals surface area contributed by atoms with E-state index in [4.69, 9.17) is 5.73 Å². The van der Waals surface area contributed by atoms with E-state index < -0.39 is 23.2 Å². The van der Waals surface area contributed by atoms with Crippen LogP contribution in [0.25, 0.3) is 0 Å². The SMILES string of the molecule is CCCNc1cc(C(F)(F)F)cc(NC(C)(C)C(N)=O)n1. The Morgan fingerprint density at radius 3 is 2.33 bits per heavy atom. The van der Waals surface area contributed by atoms with Crippen molar-refractivity contribution >= 4 is 17.5 Å². The van der Waals surface area contributed by atoms with Crippen LogP contribution in [0.3, 0.4) is 0 Å². The van der Waals surface area contributed by atoms with Crippen LogP contribution in [0.2, 0.25) is 0 Å². The molecular weight excluding hydrogens is 285 g/mol.